The predicted molar refractivity (Wildman–Crippen MR) is 130 cm³/mol. The van der Waals surface area contributed by atoms with E-state index >= 15 is 0 Å². The lowest BCUT2D eigenvalue weighted by atomic mass is 9.66. The van der Waals surface area contributed by atoms with E-state index in [9.17, 15) is 24.6 Å². The van der Waals surface area contributed by atoms with Crippen molar-refractivity contribution < 1.29 is 24.6 Å². The molecular weight excluding hydrogens is 440 g/mol. The van der Waals surface area contributed by atoms with E-state index < -0.39 is 34.6 Å². The molecule has 2 N–H and O–H groups in total. The van der Waals surface area contributed by atoms with E-state index in [2.05, 4.69) is 20.4 Å². The summed E-state index contributed by atoms with van der Waals surface area (Å²) in [5.74, 6) is -2.62. The number of hydrogen-bond acceptors (Lipinski definition) is 5. The monoisotopic (exact) mass is 480 g/mol. The van der Waals surface area contributed by atoms with Crippen LogP contribution in [0.15, 0.2) is 12.7 Å². The van der Waals surface area contributed by atoms with Crippen LogP contribution in [0, 0.1) is 23.7 Å². The van der Waals surface area contributed by atoms with E-state index in [1.165, 1.54) is 0 Å². The van der Waals surface area contributed by atoms with E-state index in [1.807, 2.05) is 13.8 Å². The Hall–Kier alpha value is -1.54. The fourth-order valence-electron chi connectivity index (χ4n) is 6.41. The molecule has 0 radical (unpaired) electrons. The van der Waals surface area contributed by atoms with Crippen LogP contribution in [0.25, 0.3) is 0 Å². The smallest absolute Gasteiger partial charge is 0.308 e. The number of carbonyl (C=O) groups excluding carboxylic acids is 2. The maximum atomic E-state index is 14.2. The average molecular weight is 481 g/mol. The molecule has 3 heterocycles. The Morgan fingerprint density at radius 2 is 2.06 bits per heavy atom. The first-order chi connectivity index (χ1) is 15.6. The predicted octanol–water partition coefficient (Wildman–Crippen LogP) is 3.02. The summed E-state index contributed by atoms with van der Waals surface area (Å²) in [6, 6.07) is -1.27. The van der Waals surface area contributed by atoms with Crippen LogP contribution >= 0.6 is 11.8 Å². The number of aliphatic hydroxyl groups is 1. The highest BCUT2D eigenvalue weighted by Crippen LogP contribution is 2.69. The van der Waals surface area contributed by atoms with Crippen LogP contribution in [0.1, 0.15) is 59.8 Å². The van der Waals surface area contributed by atoms with Crippen molar-refractivity contribution in [2.24, 2.45) is 23.7 Å². The van der Waals surface area contributed by atoms with Crippen molar-refractivity contribution in [2.45, 2.75) is 81.9 Å². The zero-order valence-corrected chi connectivity index (χ0v) is 21.2. The molecule has 0 aliphatic carbocycles. The molecule has 3 aliphatic heterocycles. The second-order valence-corrected chi connectivity index (χ2v) is 11.9. The van der Waals surface area contributed by atoms with Crippen molar-refractivity contribution >= 4 is 29.5 Å². The number of carbonyl (C=O) groups is 3. The fraction of sp³-hybridized carbons (Fsp3) is 0.800. The summed E-state index contributed by atoms with van der Waals surface area (Å²) in [6.07, 6.45) is 5.86. The Morgan fingerprint density at radius 3 is 2.61 bits per heavy atom. The summed E-state index contributed by atoms with van der Waals surface area (Å²) in [5.41, 5.74) is 0. The van der Waals surface area contributed by atoms with E-state index in [0.717, 1.165) is 19.3 Å². The Kier molecular flexibility index (Phi) is 8.20. The minimum atomic E-state index is -0.956. The molecule has 0 aromatic rings. The molecule has 1 spiro atoms. The summed E-state index contributed by atoms with van der Waals surface area (Å²) in [4.78, 5) is 43.7. The van der Waals surface area contributed by atoms with Crippen molar-refractivity contribution in [3.8, 4) is 0 Å². The summed E-state index contributed by atoms with van der Waals surface area (Å²) >= 11 is 1.55. The third-order valence-electron chi connectivity index (χ3n) is 7.74. The molecule has 0 aromatic heterocycles. The van der Waals surface area contributed by atoms with Crippen molar-refractivity contribution in [1.29, 1.82) is 0 Å². The van der Waals surface area contributed by atoms with Gasteiger partial charge in [0.15, 0.2) is 0 Å². The number of likely N-dealkylation sites (tertiary alicyclic amines) is 1. The summed E-state index contributed by atoms with van der Waals surface area (Å²) in [7, 11) is 0. The van der Waals surface area contributed by atoms with E-state index in [0.29, 0.717) is 25.9 Å². The highest BCUT2D eigenvalue weighted by atomic mass is 32.2. The molecule has 2 bridgehead atoms. The number of hydrogen-bond donors (Lipinski definition) is 2. The van der Waals surface area contributed by atoms with Crippen molar-refractivity contribution in [1.82, 2.24) is 9.80 Å². The van der Waals surface area contributed by atoms with Gasteiger partial charge in [-0.1, -0.05) is 46.6 Å². The molecule has 8 heteroatoms. The Labute approximate surface area is 202 Å². The number of aliphatic carboxylic acids is 1. The van der Waals surface area contributed by atoms with Gasteiger partial charge in [-0.2, -0.15) is 0 Å². The molecule has 33 heavy (non-hydrogen) atoms. The molecule has 3 saturated heterocycles. The van der Waals surface area contributed by atoms with Gasteiger partial charge in [-0.3, -0.25) is 14.4 Å². The topological polar surface area (TPSA) is 98.2 Å². The second-order valence-electron chi connectivity index (χ2n) is 10.4. The number of carboxylic acids is 1. The van der Waals surface area contributed by atoms with Gasteiger partial charge >= 0.3 is 5.97 Å². The second kappa shape index (κ2) is 10.4. The van der Waals surface area contributed by atoms with Gasteiger partial charge in [0.05, 0.1) is 29.2 Å². The molecule has 3 unspecified atom stereocenters. The maximum absolute atomic E-state index is 14.2. The number of aliphatic hydroxyl groups excluding tert-OH is 1. The minimum Gasteiger partial charge on any atom is -0.481 e. The van der Waals surface area contributed by atoms with Gasteiger partial charge in [-0.25, -0.2) is 0 Å². The summed E-state index contributed by atoms with van der Waals surface area (Å²) in [6.45, 7) is 12.8. The molecule has 0 aromatic carbocycles. The normalized spacial score (nSPS) is 33.5. The molecule has 3 aliphatic rings. The molecule has 7 atom stereocenters. The van der Waals surface area contributed by atoms with Crippen LogP contribution in [0.3, 0.4) is 0 Å². The van der Waals surface area contributed by atoms with Gasteiger partial charge < -0.3 is 20.0 Å². The Bertz CT molecular complexity index is 774. The zero-order valence-electron chi connectivity index (χ0n) is 20.4. The van der Waals surface area contributed by atoms with Gasteiger partial charge in [0.2, 0.25) is 11.8 Å². The van der Waals surface area contributed by atoms with Crippen molar-refractivity contribution in [3.63, 3.8) is 0 Å². The van der Waals surface area contributed by atoms with Gasteiger partial charge in [-0.15, -0.1) is 18.3 Å². The van der Waals surface area contributed by atoms with Crippen LogP contribution in [0.5, 0.6) is 0 Å². The third-order valence-corrected chi connectivity index (χ3v) is 9.82. The quantitative estimate of drug-likeness (QED) is 0.329. The van der Waals surface area contributed by atoms with E-state index in [1.54, 1.807) is 27.6 Å². The number of carboxylic acid groups (broad SMARTS) is 1. The van der Waals surface area contributed by atoms with Gasteiger partial charge in [0.25, 0.3) is 0 Å². The van der Waals surface area contributed by atoms with Crippen LogP contribution < -0.4 is 0 Å². The van der Waals surface area contributed by atoms with Crippen LogP contribution in [0.2, 0.25) is 0 Å². The largest absolute Gasteiger partial charge is 0.481 e. The zero-order chi connectivity index (χ0) is 24.5. The number of fused-ring (bicyclic) bond motifs is 1. The van der Waals surface area contributed by atoms with Gasteiger partial charge in [0, 0.05) is 18.3 Å². The first kappa shape index (κ1) is 26.1. The van der Waals surface area contributed by atoms with E-state index in [-0.39, 0.29) is 35.5 Å². The van der Waals surface area contributed by atoms with Crippen LogP contribution in [0.4, 0.5) is 0 Å². The number of rotatable bonds is 12. The first-order valence-electron chi connectivity index (χ1n) is 12.4. The lowest BCUT2D eigenvalue weighted by molar-refractivity contribution is -0.150. The van der Waals surface area contributed by atoms with Crippen molar-refractivity contribution in [3.05, 3.63) is 12.7 Å². The minimum absolute atomic E-state index is 0.0376. The molecule has 3 rings (SSSR count). The van der Waals surface area contributed by atoms with E-state index in [4.69, 9.17) is 0 Å². The highest BCUT2D eigenvalue weighted by Gasteiger charge is 2.76. The third kappa shape index (κ3) is 4.33. The number of thioether (sulfide) groups is 1. The maximum Gasteiger partial charge on any atom is 0.308 e. The Balaban J connectivity index is 2.08. The molecular formula is C25H40N2O5S. The number of amides is 2. The van der Waals surface area contributed by atoms with Crippen LogP contribution in [-0.4, -0.2) is 79.6 Å². The average Bonchev–Trinajstić information content (AvgIpc) is 3.34. The number of nitrogens with zero attached hydrogens (tertiary/aromatic N) is 2. The van der Waals surface area contributed by atoms with Gasteiger partial charge in [-0.05, 0) is 31.1 Å². The van der Waals surface area contributed by atoms with Crippen LogP contribution in [-0.2, 0) is 14.4 Å². The first-order valence-corrected chi connectivity index (χ1v) is 13.3. The SMILES string of the molecule is C=CCN(CCCCC)C(=O)C1N([C@@H](CO)CC(C)C)C(=O)[C@@H]2[C@H](C(=O)O)[C@@H]3CC(C)C12S3. The van der Waals surface area contributed by atoms with Gasteiger partial charge in [0.1, 0.15) is 6.04 Å². The summed E-state index contributed by atoms with van der Waals surface area (Å²) in [5, 5.41) is 20.2. The lowest BCUT2D eigenvalue weighted by Gasteiger charge is -2.42. The molecule has 0 saturated carbocycles. The highest BCUT2D eigenvalue weighted by molar-refractivity contribution is 8.02. The lowest BCUT2D eigenvalue weighted by Crippen LogP contribution is -2.59. The molecule has 7 nitrogen and oxygen atoms in total. The van der Waals surface area contributed by atoms with Crippen molar-refractivity contribution in [2.75, 3.05) is 19.7 Å². The fourth-order valence-corrected chi connectivity index (χ4v) is 8.80. The molecule has 2 amide bonds. The molecule has 186 valence electrons. The Morgan fingerprint density at radius 1 is 1.36 bits per heavy atom. The summed E-state index contributed by atoms with van der Waals surface area (Å²) < 4.78 is -0.767. The molecule has 3 fully saturated rings. The number of unbranched alkanes of at least 4 members (excludes halogenated alkanes) is 2. The standard InChI is InChI=1S/C25H40N2O5S/c1-6-8-9-11-26(10-7-2)23(30)21-25-16(5)13-18(33-25)19(24(31)32)20(25)22(29)27(21)17(14-28)12-15(3)4/h7,15-21,28H,2,6,8-14H2,1,3-5H3,(H,31,32)/t16?,17-,18+,19-,20+,21?,25?/m1/s1.